The normalized spacial score (nSPS) is 12.4. The van der Waals surface area contributed by atoms with E-state index in [1.807, 2.05) is 42.5 Å². The maximum Gasteiger partial charge on any atom is 0.143 e. The number of nitrogens with zero attached hydrogens (tertiary/aromatic N) is 2. The minimum Gasteiger partial charge on any atom is -0.456 e. The van der Waals surface area contributed by atoms with Gasteiger partial charge in [-0.1, -0.05) is 140 Å². The highest BCUT2D eigenvalue weighted by Gasteiger charge is 2.20. The number of benzene rings is 8. The molecule has 0 spiro atoms. The molecule has 260 valence electrons. The molecule has 2 aromatic heterocycles. The molecule has 10 rings (SSSR count). The number of rotatable bonds is 8. The van der Waals surface area contributed by atoms with Crippen LogP contribution in [0.15, 0.2) is 201 Å². The van der Waals surface area contributed by atoms with Crippen molar-refractivity contribution in [1.29, 1.82) is 0 Å². The number of furan rings is 2. The van der Waals surface area contributed by atoms with Gasteiger partial charge in [0, 0.05) is 38.2 Å². The van der Waals surface area contributed by atoms with Gasteiger partial charge in [0.05, 0.1) is 18.0 Å². The molecule has 0 unspecified atom stereocenters. The Morgan fingerprint density at radius 1 is 0.527 bits per heavy atom. The molecule has 0 N–H and O–H groups in total. The Morgan fingerprint density at radius 2 is 1.24 bits per heavy atom. The Morgan fingerprint density at radius 3 is 2.07 bits per heavy atom. The summed E-state index contributed by atoms with van der Waals surface area (Å²) in [5.74, 6) is 0. The van der Waals surface area contributed by atoms with Gasteiger partial charge in [-0.3, -0.25) is 9.98 Å². The van der Waals surface area contributed by atoms with Gasteiger partial charge in [0.1, 0.15) is 22.3 Å². The fraction of sp³-hybridized carbons (Fsp3) is 0.0196. The fourth-order valence-electron chi connectivity index (χ4n) is 7.80. The number of hydrogen-bond acceptors (Lipinski definition) is 4. The van der Waals surface area contributed by atoms with Gasteiger partial charge in [0.2, 0.25) is 0 Å². The maximum absolute atomic E-state index is 6.77. The van der Waals surface area contributed by atoms with Crippen molar-refractivity contribution in [3.05, 3.63) is 199 Å². The first-order chi connectivity index (χ1) is 27.2. The molecule has 0 aliphatic heterocycles. The molecule has 10 aromatic rings. The highest BCUT2D eigenvalue weighted by Crippen LogP contribution is 2.42. The maximum atomic E-state index is 6.77. The molecule has 0 saturated carbocycles. The van der Waals surface area contributed by atoms with Crippen LogP contribution in [-0.2, 0) is 6.54 Å². The lowest BCUT2D eigenvalue weighted by Crippen LogP contribution is -2.01. The van der Waals surface area contributed by atoms with Crippen molar-refractivity contribution in [2.75, 3.05) is 0 Å². The predicted molar refractivity (Wildman–Crippen MR) is 230 cm³/mol. The van der Waals surface area contributed by atoms with Crippen LogP contribution in [0.1, 0.15) is 16.7 Å². The topological polar surface area (TPSA) is 51.0 Å². The largest absolute Gasteiger partial charge is 0.456 e. The highest BCUT2D eigenvalue weighted by atomic mass is 16.3. The van der Waals surface area contributed by atoms with E-state index < -0.39 is 0 Å². The minimum atomic E-state index is 0.506. The number of hydrogen-bond donors (Lipinski definition) is 0. The molecule has 0 amide bonds. The van der Waals surface area contributed by atoms with Crippen LogP contribution in [0, 0.1) is 0 Å². The molecular weight excluding hydrogens is 673 g/mol. The summed E-state index contributed by atoms with van der Waals surface area (Å²) in [4.78, 5) is 9.97. The number of fused-ring (bicyclic) bond motifs is 7. The van der Waals surface area contributed by atoms with Gasteiger partial charge in [-0.25, -0.2) is 0 Å². The lowest BCUT2D eigenvalue weighted by atomic mass is 9.94. The Hall–Kier alpha value is -7.30. The molecule has 4 nitrogen and oxygen atoms in total. The number of para-hydroxylation sites is 1. The predicted octanol–water partition coefficient (Wildman–Crippen LogP) is 13.7. The van der Waals surface area contributed by atoms with E-state index in [-0.39, 0.29) is 0 Å². The first-order valence-electron chi connectivity index (χ1n) is 18.4. The summed E-state index contributed by atoms with van der Waals surface area (Å²) in [6.45, 7) is 4.62. The zero-order valence-corrected chi connectivity index (χ0v) is 29.9. The molecule has 55 heavy (non-hydrogen) atoms. The summed E-state index contributed by atoms with van der Waals surface area (Å²) in [5.41, 5.74) is 12.2. The molecule has 0 aliphatic carbocycles. The second kappa shape index (κ2) is 13.6. The van der Waals surface area contributed by atoms with Crippen LogP contribution in [-0.4, -0.2) is 12.4 Å². The van der Waals surface area contributed by atoms with Crippen molar-refractivity contribution in [3.8, 4) is 22.3 Å². The molecule has 4 heteroatoms. The molecule has 0 aliphatic rings. The molecule has 0 saturated heterocycles. The summed E-state index contributed by atoms with van der Waals surface area (Å²) in [6.07, 6.45) is 2.07. The Labute approximate surface area is 318 Å². The van der Waals surface area contributed by atoms with Crippen molar-refractivity contribution in [3.63, 3.8) is 0 Å². The quantitative estimate of drug-likeness (QED) is 0.148. The molecular formula is C51H34N2O2. The second-order valence-electron chi connectivity index (χ2n) is 13.8. The second-order valence-corrected chi connectivity index (χ2v) is 13.8. The van der Waals surface area contributed by atoms with Gasteiger partial charge >= 0.3 is 0 Å². The van der Waals surface area contributed by atoms with Gasteiger partial charge in [-0.15, -0.1) is 0 Å². The SMILES string of the molecule is C=N/C(=C\C(=NCc1ccccc1)c1cccc(-c2cccc3oc4ccccc4c23)c1)c1ccc(-c2ccccc2)c2oc3cc4ccccc4cc3c12. The van der Waals surface area contributed by atoms with Gasteiger partial charge < -0.3 is 8.83 Å². The van der Waals surface area contributed by atoms with Gasteiger partial charge in [-0.2, -0.15) is 0 Å². The van der Waals surface area contributed by atoms with E-state index in [0.717, 1.165) is 99.3 Å². The standard InChI is InChI=1S/C51H34N2O2/c1-52-45(41-27-26-40(34-16-6-3-7-17-34)51-50(41)43-29-35-18-8-9-19-36(35)30-48(43)55-51)31-44(53-32-33-14-4-2-5-15-33)38-21-12-20-37(28-38)39-23-13-25-47-49(39)42-22-10-11-24-46(42)54-47/h2-31H,1,32H2/b45-31-,53-44?. The van der Waals surface area contributed by atoms with Crippen molar-refractivity contribution >= 4 is 72.8 Å². The number of allylic oxidation sites excluding steroid dienone is 1. The van der Waals surface area contributed by atoms with Crippen molar-refractivity contribution in [2.45, 2.75) is 6.54 Å². The fourth-order valence-corrected chi connectivity index (χ4v) is 7.80. The van der Waals surface area contributed by atoms with Crippen LogP contribution in [0.25, 0.3) is 82.6 Å². The van der Waals surface area contributed by atoms with E-state index in [4.69, 9.17) is 18.8 Å². The Balaban J connectivity index is 1.18. The summed E-state index contributed by atoms with van der Waals surface area (Å²) < 4.78 is 13.0. The van der Waals surface area contributed by atoms with Crippen LogP contribution < -0.4 is 0 Å². The lowest BCUT2D eigenvalue weighted by Gasteiger charge is -2.11. The molecule has 2 heterocycles. The summed E-state index contributed by atoms with van der Waals surface area (Å²) >= 11 is 0. The highest BCUT2D eigenvalue weighted by molar-refractivity contribution is 6.20. The number of aliphatic imine (C=N–C) groups is 2. The first-order valence-corrected chi connectivity index (χ1v) is 18.4. The molecule has 0 radical (unpaired) electrons. The minimum absolute atomic E-state index is 0.506. The average Bonchev–Trinajstić information content (AvgIpc) is 3.82. The van der Waals surface area contributed by atoms with E-state index in [9.17, 15) is 0 Å². The molecule has 0 bridgehead atoms. The van der Waals surface area contributed by atoms with E-state index in [1.165, 1.54) is 0 Å². The van der Waals surface area contributed by atoms with E-state index >= 15 is 0 Å². The zero-order valence-electron chi connectivity index (χ0n) is 29.9. The van der Waals surface area contributed by atoms with E-state index in [1.54, 1.807) is 0 Å². The first kappa shape index (κ1) is 32.4. The molecule has 0 atom stereocenters. The van der Waals surface area contributed by atoms with Gasteiger partial charge in [-0.05, 0) is 82.2 Å². The van der Waals surface area contributed by atoms with Crippen LogP contribution in [0.2, 0.25) is 0 Å². The molecule has 8 aromatic carbocycles. The molecule has 0 fully saturated rings. The van der Waals surface area contributed by atoms with Gasteiger partial charge in [0.15, 0.2) is 0 Å². The lowest BCUT2D eigenvalue weighted by molar-refractivity contribution is 0.669. The van der Waals surface area contributed by atoms with Gasteiger partial charge in [0.25, 0.3) is 0 Å². The van der Waals surface area contributed by atoms with Crippen LogP contribution >= 0.6 is 0 Å². The third-order valence-electron chi connectivity index (χ3n) is 10.4. The van der Waals surface area contributed by atoms with Crippen LogP contribution in [0.5, 0.6) is 0 Å². The van der Waals surface area contributed by atoms with E-state index in [2.05, 4.69) is 146 Å². The average molecular weight is 707 g/mol. The Bertz CT molecular complexity index is 3130. The zero-order chi connectivity index (χ0) is 36.7. The Kier molecular flexibility index (Phi) is 8.00. The summed E-state index contributed by atoms with van der Waals surface area (Å²) in [5, 5.41) is 6.49. The van der Waals surface area contributed by atoms with Crippen LogP contribution in [0.3, 0.4) is 0 Å². The van der Waals surface area contributed by atoms with Crippen molar-refractivity contribution in [1.82, 2.24) is 0 Å². The third kappa shape index (κ3) is 5.81. The smallest absolute Gasteiger partial charge is 0.143 e. The van der Waals surface area contributed by atoms with Crippen LogP contribution in [0.4, 0.5) is 0 Å². The van der Waals surface area contributed by atoms with Crippen molar-refractivity contribution in [2.24, 2.45) is 9.98 Å². The van der Waals surface area contributed by atoms with Crippen molar-refractivity contribution < 1.29 is 8.83 Å². The summed E-state index contributed by atoms with van der Waals surface area (Å²) in [7, 11) is 0. The third-order valence-corrected chi connectivity index (χ3v) is 10.4. The van der Waals surface area contributed by atoms with E-state index in [0.29, 0.717) is 12.2 Å². The monoisotopic (exact) mass is 706 g/mol. The summed E-state index contributed by atoms with van der Waals surface area (Å²) in [6, 6.07) is 60.8.